The smallest absolute Gasteiger partial charge is 0.294 e. The molecule has 0 aliphatic carbocycles. The first-order valence-electron chi connectivity index (χ1n) is 6.42. The summed E-state index contributed by atoms with van der Waals surface area (Å²) in [5, 5.41) is 13.7. The highest BCUT2D eigenvalue weighted by molar-refractivity contribution is 7.85. The van der Waals surface area contributed by atoms with Gasteiger partial charge in [-0.3, -0.25) is 25.0 Å². The molecular weight excluding hydrogens is 296 g/mol. The zero-order chi connectivity index (χ0) is 15.4. The second-order valence-electron chi connectivity index (χ2n) is 4.73. The molecule has 0 radical (unpaired) electrons. The summed E-state index contributed by atoms with van der Waals surface area (Å²) in [4.78, 5) is 22.4. The number of nitrogens with one attached hydrogen (secondary N) is 2. The van der Waals surface area contributed by atoms with E-state index in [9.17, 15) is 19.1 Å². The highest BCUT2D eigenvalue weighted by Gasteiger charge is 2.22. The third-order valence-electron chi connectivity index (χ3n) is 3.34. The van der Waals surface area contributed by atoms with E-state index in [1.165, 1.54) is 18.2 Å². The number of carbonyl (C=O) groups excluding carboxylic acids is 1. The number of benzene rings is 1. The van der Waals surface area contributed by atoms with Crippen LogP contribution in [0.25, 0.3) is 0 Å². The van der Waals surface area contributed by atoms with E-state index < -0.39 is 15.7 Å². The molecule has 4 N–H and O–H groups in total. The van der Waals surface area contributed by atoms with Gasteiger partial charge in [-0.25, -0.2) is 0 Å². The summed E-state index contributed by atoms with van der Waals surface area (Å²) < 4.78 is 11.3. The van der Waals surface area contributed by atoms with Gasteiger partial charge in [-0.05, 0) is 25.0 Å². The molecule has 0 atom stereocenters. The molecule has 0 spiro atoms. The van der Waals surface area contributed by atoms with Crippen LogP contribution in [0.5, 0.6) is 0 Å². The van der Waals surface area contributed by atoms with Gasteiger partial charge >= 0.3 is 0 Å². The van der Waals surface area contributed by atoms with Crippen LogP contribution >= 0.6 is 0 Å². The minimum absolute atomic E-state index is 0.0402. The van der Waals surface area contributed by atoms with Gasteiger partial charge in [0.15, 0.2) is 0 Å². The quantitative estimate of drug-likeness (QED) is 0.422. The van der Waals surface area contributed by atoms with E-state index in [1.807, 2.05) is 0 Å². The zero-order valence-electron chi connectivity index (χ0n) is 11.2. The minimum Gasteiger partial charge on any atom is -0.349 e. The van der Waals surface area contributed by atoms with E-state index in [0.29, 0.717) is 24.3 Å². The van der Waals surface area contributed by atoms with Gasteiger partial charge in [0.25, 0.3) is 11.6 Å². The number of hydrogen-bond donors (Lipinski definition) is 3. The van der Waals surface area contributed by atoms with E-state index in [2.05, 4.69) is 10.7 Å². The van der Waals surface area contributed by atoms with E-state index >= 15 is 0 Å². The molecule has 9 heteroatoms. The normalized spacial score (nSPS) is 21.6. The molecule has 2 rings (SSSR count). The number of rotatable bonds is 4. The van der Waals surface area contributed by atoms with Crippen molar-refractivity contribution in [1.82, 2.24) is 5.32 Å². The Morgan fingerprint density at radius 1 is 1.38 bits per heavy atom. The Morgan fingerprint density at radius 2 is 2.05 bits per heavy atom. The number of nitrogen functional groups attached to an aromatic ring is 1. The summed E-state index contributed by atoms with van der Waals surface area (Å²) in [5.74, 6) is 5.96. The zero-order valence-corrected chi connectivity index (χ0v) is 12.0. The van der Waals surface area contributed by atoms with Gasteiger partial charge in [-0.15, -0.1) is 0 Å². The fourth-order valence-electron chi connectivity index (χ4n) is 2.15. The van der Waals surface area contributed by atoms with Crippen molar-refractivity contribution in [3.8, 4) is 0 Å². The van der Waals surface area contributed by atoms with Crippen LogP contribution in [-0.4, -0.2) is 32.6 Å². The van der Waals surface area contributed by atoms with Gasteiger partial charge < -0.3 is 10.7 Å². The molecule has 114 valence electrons. The summed E-state index contributed by atoms with van der Waals surface area (Å²) >= 11 is 0. The molecule has 1 fully saturated rings. The van der Waals surface area contributed by atoms with Crippen molar-refractivity contribution in [2.45, 2.75) is 18.9 Å². The van der Waals surface area contributed by atoms with Gasteiger partial charge in [0.05, 0.1) is 4.92 Å². The highest BCUT2D eigenvalue weighted by Crippen LogP contribution is 2.24. The Labute approximate surface area is 123 Å². The molecular formula is C12H16N4O4S. The molecule has 1 aliphatic heterocycles. The molecule has 0 aromatic heterocycles. The van der Waals surface area contributed by atoms with Crippen molar-refractivity contribution >= 4 is 28.1 Å². The summed E-state index contributed by atoms with van der Waals surface area (Å²) in [6, 6.07) is 4.01. The average molecular weight is 312 g/mol. The number of hydrazine groups is 1. The Hall–Kier alpha value is -2.00. The van der Waals surface area contributed by atoms with E-state index in [0.717, 1.165) is 0 Å². The lowest BCUT2D eigenvalue weighted by Crippen LogP contribution is -2.39. The molecule has 1 aromatic rings. The number of hydrogen-bond acceptors (Lipinski definition) is 6. The highest BCUT2D eigenvalue weighted by atomic mass is 32.2. The standard InChI is InChI=1S/C12H16N4O4S/c13-15-10-2-1-8(7-11(10)16(18)19)12(17)14-9-3-5-21(20)6-4-9/h1-2,7,9,15H,3-6,13H2,(H,14,17). The molecule has 1 aliphatic rings. The van der Waals surface area contributed by atoms with Crippen LogP contribution in [0.3, 0.4) is 0 Å². The third-order valence-corrected chi connectivity index (χ3v) is 4.72. The van der Waals surface area contributed by atoms with Crippen molar-refractivity contribution < 1.29 is 13.9 Å². The number of amides is 1. The lowest BCUT2D eigenvalue weighted by molar-refractivity contribution is -0.384. The molecule has 0 unspecified atom stereocenters. The first-order chi connectivity index (χ1) is 10.0. The lowest BCUT2D eigenvalue weighted by atomic mass is 10.1. The van der Waals surface area contributed by atoms with Crippen molar-refractivity contribution in [3.05, 3.63) is 33.9 Å². The Morgan fingerprint density at radius 3 is 2.62 bits per heavy atom. The monoisotopic (exact) mass is 312 g/mol. The molecule has 1 aromatic carbocycles. The topological polar surface area (TPSA) is 127 Å². The van der Waals surface area contributed by atoms with Crippen LogP contribution < -0.4 is 16.6 Å². The van der Waals surface area contributed by atoms with Crippen LogP contribution in [0, 0.1) is 10.1 Å². The van der Waals surface area contributed by atoms with Gasteiger partial charge in [0.2, 0.25) is 0 Å². The van der Waals surface area contributed by atoms with Gasteiger partial charge in [0, 0.05) is 40.0 Å². The first-order valence-corrected chi connectivity index (χ1v) is 7.91. The van der Waals surface area contributed by atoms with Crippen molar-refractivity contribution in [2.24, 2.45) is 5.84 Å². The van der Waals surface area contributed by atoms with Gasteiger partial charge in [-0.2, -0.15) is 0 Å². The van der Waals surface area contributed by atoms with E-state index in [-0.39, 0.29) is 28.9 Å². The maximum Gasteiger partial charge on any atom is 0.294 e. The molecule has 8 nitrogen and oxygen atoms in total. The van der Waals surface area contributed by atoms with Crippen LogP contribution in [0.2, 0.25) is 0 Å². The Kier molecular flexibility index (Phi) is 4.86. The van der Waals surface area contributed by atoms with Crippen LogP contribution in [0.15, 0.2) is 18.2 Å². The van der Waals surface area contributed by atoms with E-state index in [1.54, 1.807) is 0 Å². The fraction of sp³-hybridized carbons (Fsp3) is 0.417. The summed E-state index contributed by atoms with van der Waals surface area (Å²) in [5.41, 5.74) is 2.31. The molecule has 1 amide bonds. The number of nitrogens with zero attached hydrogens (tertiary/aromatic N) is 1. The molecule has 21 heavy (non-hydrogen) atoms. The predicted octanol–water partition coefficient (Wildman–Crippen LogP) is 0.521. The van der Waals surface area contributed by atoms with Crippen LogP contribution in [-0.2, 0) is 10.8 Å². The second kappa shape index (κ2) is 6.64. The van der Waals surface area contributed by atoms with Crippen LogP contribution in [0.4, 0.5) is 11.4 Å². The first kappa shape index (κ1) is 15.4. The number of carbonyl (C=O) groups is 1. The molecule has 1 saturated heterocycles. The minimum atomic E-state index is -0.797. The Bertz CT molecular complexity index is 583. The van der Waals surface area contributed by atoms with Crippen LogP contribution in [0.1, 0.15) is 23.2 Å². The molecule has 0 saturated carbocycles. The molecule has 1 heterocycles. The third kappa shape index (κ3) is 3.76. The Balaban J connectivity index is 2.10. The summed E-state index contributed by atoms with van der Waals surface area (Å²) in [6.07, 6.45) is 1.31. The number of nitrogens with two attached hydrogens (primary N) is 1. The largest absolute Gasteiger partial charge is 0.349 e. The second-order valence-corrected chi connectivity index (χ2v) is 6.43. The fourth-order valence-corrected chi connectivity index (χ4v) is 3.45. The van der Waals surface area contributed by atoms with Crippen molar-refractivity contribution in [3.63, 3.8) is 0 Å². The van der Waals surface area contributed by atoms with Crippen molar-refractivity contribution in [2.75, 3.05) is 16.9 Å². The van der Waals surface area contributed by atoms with Gasteiger partial charge in [0.1, 0.15) is 5.69 Å². The maximum atomic E-state index is 12.1. The number of anilines is 1. The predicted molar refractivity (Wildman–Crippen MR) is 79.3 cm³/mol. The SMILES string of the molecule is NNc1ccc(C(=O)NC2CCS(=O)CC2)cc1[N+](=O)[O-]. The maximum absolute atomic E-state index is 12.1. The summed E-state index contributed by atoms with van der Waals surface area (Å²) in [6.45, 7) is 0. The number of nitro benzene ring substituents is 1. The number of nitro groups is 1. The lowest BCUT2D eigenvalue weighted by Gasteiger charge is -2.22. The molecule has 0 bridgehead atoms. The van der Waals surface area contributed by atoms with Crippen molar-refractivity contribution in [1.29, 1.82) is 0 Å². The van der Waals surface area contributed by atoms with Gasteiger partial charge in [-0.1, -0.05) is 0 Å². The van der Waals surface area contributed by atoms with E-state index in [4.69, 9.17) is 5.84 Å². The summed E-state index contributed by atoms with van der Waals surface area (Å²) in [7, 11) is -0.797. The average Bonchev–Trinajstić information content (AvgIpc) is 2.48.